The summed E-state index contributed by atoms with van der Waals surface area (Å²) in [6.45, 7) is 1.75. The molecule has 1 amide bonds. The first-order valence-electron chi connectivity index (χ1n) is 7.35. The molecule has 1 fully saturated rings. The summed E-state index contributed by atoms with van der Waals surface area (Å²) in [6, 6.07) is 8.12. The van der Waals surface area contributed by atoms with Crippen molar-refractivity contribution in [1.82, 2.24) is 5.32 Å². The van der Waals surface area contributed by atoms with E-state index in [0.717, 1.165) is 23.3 Å². The molecule has 1 atom stereocenters. The topological polar surface area (TPSA) is 49.3 Å². The van der Waals surface area contributed by atoms with Crippen molar-refractivity contribution in [2.24, 2.45) is 0 Å². The smallest absolute Gasteiger partial charge is 0.230 e. The Labute approximate surface area is 125 Å². The van der Waals surface area contributed by atoms with Crippen molar-refractivity contribution < 1.29 is 9.90 Å². The van der Waals surface area contributed by atoms with Gasteiger partial charge in [0.1, 0.15) is 0 Å². The summed E-state index contributed by atoms with van der Waals surface area (Å²) in [5, 5.41) is 12.7. The molecule has 1 aromatic carbocycles. The van der Waals surface area contributed by atoms with Gasteiger partial charge in [0.15, 0.2) is 0 Å². The lowest BCUT2D eigenvalue weighted by molar-refractivity contribution is -0.119. The third-order valence-electron chi connectivity index (χ3n) is 3.68. The highest BCUT2D eigenvalue weighted by atomic mass is 32.2. The normalized spacial score (nSPS) is 17.7. The molecule has 0 spiro atoms. The molecule has 2 N–H and O–H groups in total. The molecule has 4 heteroatoms. The Morgan fingerprint density at radius 1 is 1.40 bits per heavy atom. The van der Waals surface area contributed by atoms with Crippen LogP contribution in [0.3, 0.4) is 0 Å². The van der Waals surface area contributed by atoms with Crippen molar-refractivity contribution in [3.63, 3.8) is 0 Å². The maximum absolute atomic E-state index is 11.9. The average Bonchev–Trinajstić information content (AvgIpc) is 2.46. The van der Waals surface area contributed by atoms with Crippen molar-refractivity contribution in [2.75, 3.05) is 5.75 Å². The summed E-state index contributed by atoms with van der Waals surface area (Å²) >= 11 is 1.53. The number of benzene rings is 1. The van der Waals surface area contributed by atoms with Gasteiger partial charge >= 0.3 is 0 Å². The molecule has 0 bridgehead atoms. The van der Waals surface area contributed by atoms with E-state index in [1.807, 2.05) is 24.3 Å². The van der Waals surface area contributed by atoms with Gasteiger partial charge in [-0.3, -0.25) is 4.79 Å². The molecule has 1 aliphatic carbocycles. The summed E-state index contributed by atoms with van der Waals surface area (Å²) in [5.41, 5.74) is 0.891. The highest BCUT2D eigenvalue weighted by Crippen LogP contribution is 2.22. The first-order chi connectivity index (χ1) is 9.65. The van der Waals surface area contributed by atoms with Crippen molar-refractivity contribution in [3.05, 3.63) is 29.8 Å². The van der Waals surface area contributed by atoms with Gasteiger partial charge in [0.2, 0.25) is 5.91 Å². The van der Waals surface area contributed by atoms with Gasteiger partial charge in [0.25, 0.3) is 0 Å². The van der Waals surface area contributed by atoms with Gasteiger partial charge in [0, 0.05) is 10.9 Å². The van der Waals surface area contributed by atoms with Crippen LogP contribution in [0.15, 0.2) is 29.2 Å². The number of aliphatic hydroxyl groups excluding tert-OH is 1. The van der Waals surface area contributed by atoms with E-state index in [-0.39, 0.29) is 5.91 Å². The van der Waals surface area contributed by atoms with E-state index in [2.05, 4.69) is 5.32 Å². The Morgan fingerprint density at radius 2 is 2.15 bits per heavy atom. The van der Waals surface area contributed by atoms with Gasteiger partial charge in [-0.05, 0) is 37.5 Å². The minimum absolute atomic E-state index is 0.115. The highest BCUT2D eigenvalue weighted by molar-refractivity contribution is 8.00. The van der Waals surface area contributed by atoms with Gasteiger partial charge in [-0.15, -0.1) is 11.8 Å². The lowest BCUT2D eigenvalue weighted by Crippen LogP contribution is -2.37. The Morgan fingerprint density at radius 3 is 2.85 bits per heavy atom. The lowest BCUT2D eigenvalue weighted by atomic mass is 9.95. The van der Waals surface area contributed by atoms with Crippen LogP contribution < -0.4 is 5.32 Å². The fourth-order valence-electron chi connectivity index (χ4n) is 2.53. The van der Waals surface area contributed by atoms with Crippen LogP contribution >= 0.6 is 11.8 Å². The van der Waals surface area contributed by atoms with Crippen LogP contribution in [-0.4, -0.2) is 22.8 Å². The molecule has 1 aromatic rings. The second-order valence-corrected chi connectivity index (χ2v) is 6.49. The molecule has 0 aromatic heterocycles. The number of hydrogen-bond acceptors (Lipinski definition) is 3. The van der Waals surface area contributed by atoms with E-state index in [4.69, 9.17) is 0 Å². The molecule has 0 radical (unpaired) electrons. The average molecular weight is 293 g/mol. The predicted molar refractivity (Wildman–Crippen MR) is 82.8 cm³/mol. The van der Waals surface area contributed by atoms with Gasteiger partial charge < -0.3 is 10.4 Å². The number of aliphatic hydroxyl groups is 1. The lowest BCUT2D eigenvalue weighted by Gasteiger charge is -2.22. The SMILES string of the molecule is CC(O)c1cccc(SCC(=O)NC2CCCCC2)c1. The molecule has 1 aliphatic rings. The van der Waals surface area contributed by atoms with Gasteiger partial charge in [-0.1, -0.05) is 31.4 Å². The minimum Gasteiger partial charge on any atom is -0.389 e. The van der Waals surface area contributed by atoms with Gasteiger partial charge in [0.05, 0.1) is 11.9 Å². The number of thioether (sulfide) groups is 1. The van der Waals surface area contributed by atoms with E-state index in [9.17, 15) is 9.90 Å². The van der Waals surface area contributed by atoms with Crippen LogP contribution in [0.5, 0.6) is 0 Å². The third-order valence-corrected chi connectivity index (χ3v) is 4.67. The maximum Gasteiger partial charge on any atom is 0.230 e. The molecule has 3 nitrogen and oxygen atoms in total. The van der Waals surface area contributed by atoms with E-state index >= 15 is 0 Å². The molecule has 0 heterocycles. The van der Waals surface area contributed by atoms with Crippen LogP contribution in [0.4, 0.5) is 0 Å². The molecule has 0 aliphatic heterocycles. The standard InChI is InChI=1S/C16H23NO2S/c1-12(18)13-6-5-9-15(10-13)20-11-16(19)17-14-7-3-2-4-8-14/h5-6,9-10,12,14,18H,2-4,7-8,11H2,1H3,(H,17,19). The second-order valence-electron chi connectivity index (χ2n) is 5.44. The predicted octanol–water partition coefficient (Wildman–Crippen LogP) is 3.28. The largest absolute Gasteiger partial charge is 0.389 e. The Hall–Kier alpha value is -1.00. The molecular formula is C16H23NO2S. The Bertz CT molecular complexity index is 442. The molecule has 1 saturated carbocycles. The third kappa shape index (κ3) is 4.84. The summed E-state index contributed by atoms with van der Waals surface area (Å²) in [7, 11) is 0. The number of rotatable bonds is 5. The molecule has 20 heavy (non-hydrogen) atoms. The summed E-state index contributed by atoms with van der Waals surface area (Å²) in [6.07, 6.45) is 5.53. The number of carbonyl (C=O) groups excluding carboxylic acids is 1. The molecule has 1 unspecified atom stereocenters. The van der Waals surface area contributed by atoms with E-state index in [0.29, 0.717) is 11.8 Å². The monoisotopic (exact) mass is 293 g/mol. The Balaban J connectivity index is 1.79. The molecule has 2 rings (SSSR count). The number of amides is 1. The second kappa shape index (κ2) is 7.70. The molecule has 0 saturated heterocycles. The van der Waals surface area contributed by atoms with Crippen molar-refractivity contribution >= 4 is 17.7 Å². The maximum atomic E-state index is 11.9. The van der Waals surface area contributed by atoms with E-state index in [1.54, 1.807) is 6.92 Å². The van der Waals surface area contributed by atoms with Crippen LogP contribution in [-0.2, 0) is 4.79 Å². The van der Waals surface area contributed by atoms with Crippen molar-refractivity contribution in [1.29, 1.82) is 0 Å². The van der Waals surface area contributed by atoms with Crippen molar-refractivity contribution in [2.45, 2.75) is 56.1 Å². The minimum atomic E-state index is -0.466. The fraction of sp³-hybridized carbons (Fsp3) is 0.562. The summed E-state index contributed by atoms with van der Waals surface area (Å²) < 4.78 is 0. The van der Waals surface area contributed by atoms with Crippen LogP contribution in [0, 0.1) is 0 Å². The van der Waals surface area contributed by atoms with E-state index in [1.165, 1.54) is 31.0 Å². The van der Waals surface area contributed by atoms with Crippen LogP contribution in [0.25, 0.3) is 0 Å². The summed E-state index contributed by atoms with van der Waals surface area (Å²) in [5.74, 6) is 0.559. The number of hydrogen-bond donors (Lipinski definition) is 2. The Kier molecular flexibility index (Phi) is 5.92. The zero-order valence-electron chi connectivity index (χ0n) is 12.0. The summed E-state index contributed by atoms with van der Waals surface area (Å²) in [4.78, 5) is 13.0. The van der Waals surface area contributed by atoms with Crippen LogP contribution in [0.1, 0.15) is 50.7 Å². The van der Waals surface area contributed by atoms with Gasteiger partial charge in [-0.25, -0.2) is 0 Å². The fourth-order valence-corrected chi connectivity index (χ4v) is 3.30. The highest BCUT2D eigenvalue weighted by Gasteiger charge is 2.15. The molecule has 110 valence electrons. The molecular weight excluding hydrogens is 270 g/mol. The van der Waals surface area contributed by atoms with Crippen LogP contribution in [0.2, 0.25) is 0 Å². The quantitative estimate of drug-likeness (QED) is 0.819. The van der Waals surface area contributed by atoms with Gasteiger partial charge in [-0.2, -0.15) is 0 Å². The van der Waals surface area contributed by atoms with Crippen molar-refractivity contribution in [3.8, 4) is 0 Å². The first-order valence-corrected chi connectivity index (χ1v) is 8.34. The number of carbonyl (C=O) groups is 1. The first kappa shape index (κ1) is 15.4. The zero-order chi connectivity index (χ0) is 14.4. The van der Waals surface area contributed by atoms with E-state index < -0.39 is 6.10 Å². The number of nitrogens with one attached hydrogen (secondary N) is 1. The zero-order valence-corrected chi connectivity index (χ0v) is 12.8.